The molecule has 1 unspecified atom stereocenters. The van der Waals surface area contributed by atoms with Gasteiger partial charge in [0.25, 0.3) is 0 Å². The van der Waals surface area contributed by atoms with Crippen LogP contribution in [0.3, 0.4) is 0 Å². The molecule has 5 heteroatoms. The van der Waals surface area contributed by atoms with Crippen molar-refractivity contribution in [2.45, 2.75) is 44.2 Å². The van der Waals surface area contributed by atoms with E-state index in [1.165, 1.54) is 31.2 Å². The molecule has 26 heavy (non-hydrogen) atoms. The van der Waals surface area contributed by atoms with Gasteiger partial charge in [-0.3, -0.25) is 4.98 Å². The van der Waals surface area contributed by atoms with E-state index in [2.05, 4.69) is 62.8 Å². The van der Waals surface area contributed by atoms with E-state index >= 15 is 0 Å². The van der Waals surface area contributed by atoms with Gasteiger partial charge in [0.2, 0.25) is 0 Å². The fourth-order valence-electron chi connectivity index (χ4n) is 3.92. The topological polar surface area (TPSA) is 62.7 Å². The van der Waals surface area contributed by atoms with E-state index in [0.29, 0.717) is 11.7 Å². The molecule has 2 aromatic heterocycles. The summed E-state index contributed by atoms with van der Waals surface area (Å²) >= 11 is 0. The molecule has 1 fully saturated rings. The van der Waals surface area contributed by atoms with Gasteiger partial charge in [0, 0.05) is 30.5 Å². The summed E-state index contributed by atoms with van der Waals surface area (Å²) in [6.45, 7) is 3.11. The summed E-state index contributed by atoms with van der Waals surface area (Å²) in [5.41, 5.74) is 2.94. The first kappa shape index (κ1) is 16.9. The van der Waals surface area contributed by atoms with Gasteiger partial charge in [-0.25, -0.2) is 9.97 Å². The Morgan fingerprint density at radius 3 is 2.58 bits per heavy atom. The summed E-state index contributed by atoms with van der Waals surface area (Å²) < 4.78 is 0. The smallest absolute Gasteiger partial charge is 0.180 e. The Morgan fingerprint density at radius 2 is 1.77 bits per heavy atom. The molecule has 3 aromatic rings. The number of fused-ring (bicyclic) bond motifs is 1. The fraction of sp³-hybridized carbons (Fsp3) is 0.381. The van der Waals surface area contributed by atoms with E-state index in [-0.39, 0.29) is 5.54 Å². The lowest BCUT2D eigenvalue weighted by Gasteiger charge is -2.34. The Hall–Kier alpha value is -2.53. The summed E-state index contributed by atoms with van der Waals surface area (Å²) in [5.74, 6) is 0.860. The zero-order valence-electron chi connectivity index (χ0n) is 15.2. The predicted octanol–water partition coefficient (Wildman–Crippen LogP) is 4.10. The lowest BCUT2D eigenvalue weighted by Crippen LogP contribution is -2.49. The van der Waals surface area contributed by atoms with Gasteiger partial charge in [-0.2, -0.15) is 0 Å². The van der Waals surface area contributed by atoms with Crippen LogP contribution in [0, 0.1) is 0 Å². The van der Waals surface area contributed by atoms with Crippen molar-refractivity contribution >= 4 is 17.0 Å². The number of nitrogens with zero attached hydrogens (tertiary/aromatic N) is 3. The van der Waals surface area contributed by atoms with Crippen molar-refractivity contribution in [3.05, 3.63) is 60.4 Å². The second-order valence-electron chi connectivity index (χ2n) is 7.21. The minimum absolute atomic E-state index is 0.105. The highest BCUT2D eigenvalue weighted by Crippen LogP contribution is 2.32. The Labute approximate surface area is 154 Å². The molecule has 1 aromatic carbocycles. The van der Waals surface area contributed by atoms with Crippen LogP contribution in [0.25, 0.3) is 11.2 Å². The number of pyridine rings is 1. The number of rotatable bonds is 6. The van der Waals surface area contributed by atoms with Crippen LogP contribution < -0.4 is 10.6 Å². The summed E-state index contributed by atoms with van der Waals surface area (Å²) in [6, 6.07) is 14.9. The molecule has 0 aliphatic heterocycles. The molecule has 4 rings (SSSR count). The van der Waals surface area contributed by atoms with Gasteiger partial charge in [-0.1, -0.05) is 43.2 Å². The SMILES string of the molecule is CC(NC1(CNc2ccc3nccnc3n2)CCCC1)c1ccccc1. The molecule has 1 saturated carbocycles. The predicted molar refractivity (Wildman–Crippen MR) is 105 cm³/mol. The molecule has 2 N–H and O–H groups in total. The number of benzene rings is 1. The molecule has 2 heterocycles. The number of hydrogen-bond donors (Lipinski definition) is 2. The molecule has 0 amide bonds. The van der Waals surface area contributed by atoms with Crippen LogP contribution in [-0.4, -0.2) is 27.0 Å². The minimum atomic E-state index is 0.105. The van der Waals surface area contributed by atoms with Crippen LogP contribution in [0.4, 0.5) is 5.82 Å². The molecule has 0 bridgehead atoms. The third-order valence-electron chi connectivity index (χ3n) is 5.32. The van der Waals surface area contributed by atoms with E-state index in [0.717, 1.165) is 17.9 Å². The lowest BCUT2D eigenvalue weighted by molar-refractivity contribution is 0.314. The molecule has 1 aliphatic carbocycles. The quantitative estimate of drug-likeness (QED) is 0.703. The van der Waals surface area contributed by atoms with Crippen molar-refractivity contribution in [3.63, 3.8) is 0 Å². The summed E-state index contributed by atoms with van der Waals surface area (Å²) in [6.07, 6.45) is 8.29. The van der Waals surface area contributed by atoms with Crippen LogP contribution >= 0.6 is 0 Å². The summed E-state index contributed by atoms with van der Waals surface area (Å²) in [7, 11) is 0. The largest absolute Gasteiger partial charge is 0.368 e. The van der Waals surface area contributed by atoms with Gasteiger partial charge in [0.1, 0.15) is 11.3 Å². The Bertz CT molecular complexity index is 858. The van der Waals surface area contributed by atoms with E-state index in [1.54, 1.807) is 12.4 Å². The van der Waals surface area contributed by atoms with E-state index in [9.17, 15) is 0 Å². The molecule has 134 valence electrons. The van der Waals surface area contributed by atoms with Crippen molar-refractivity contribution in [1.82, 2.24) is 20.3 Å². The molecule has 0 spiro atoms. The van der Waals surface area contributed by atoms with Crippen LogP contribution in [-0.2, 0) is 0 Å². The highest BCUT2D eigenvalue weighted by Gasteiger charge is 2.34. The van der Waals surface area contributed by atoms with E-state index < -0.39 is 0 Å². The highest BCUT2D eigenvalue weighted by atomic mass is 15.1. The van der Waals surface area contributed by atoms with Crippen LogP contribution in [0.1, 0.15) is 44.2 Å². The normalized spacial score (nSPS) is 17.3. The Morgan fingerprint density at radius 1 is 1.00 bits per heavy atom. The third-order valence-corrected chi connectivity index (χ3v) is 5.32. The van der Waals surface area contributed by atoms with Gasteiger partial charge in [0.05, 0.1) is 0 Å². The fourth-order valence-corrected chi connectivity index (χ4v) is 3.92. The summed E-state index contributed by atoms with van der Waals surface area (Å²) in [5, 5.41) is 7.43. The molecule has 0 saturated heterocycles. The first-order chi connectivity index (χ1) is 12.7. The maximum Gasteiger partial charge on any atom is 0.180 e. The summed E-state index contributed by atoms with van der Waals surface area (Å²) in [4.78, 5) is 13.2. The third kappa shape index (κ3) is 3.68. The van der Waals surface area contributed by atoms with Gasteiger partial charge in [0.15, 0.2) is 5.65 Å². The molecular formula is C21H25N5. The van der Waals surface area contributed by atoms with Crippen molar-refractivity contribution in [2.75, 3.05) is 11.9 Å². The zero-order chi connectivity index (χ0) is 17.8. The Kier molecular flexibility index (Phi) is 4.80. The van der Waals surface area contributed by atoms with Crippen molar-refractivity contribution in [1.29, 1.82) is 0 Å². The average molecular weight is 347 g/mol. The van der Waals surface area contributed by atoms with Crippen LogP contribution in [0.5, 0.6) is 0 Å². The molecular weight excluding hydrogens is 322 g/mol. The Balaban J connectivity index is 1.47. The number of aromatic nitrogens is 3. The van der Waals surface area contributed by atoms with Crippen molar-refractivity contribution in [2.24, 2.45) is 0 Å². The highest BCUT2D eigenvalue weighted by molar-refractivity contribution is 5.71. The molecule has 1 atom stereocenters. The number of anilines is 1. The molecule has 5 nitrogen and oxygen atoms in total. The van der Waals surface area contributed by atoms with Crippen molar-refractivity contribution < 1.29 is 0 Å². The second kappa shape index (κ2) is 7.38. The molecule has 1 aliphatic rings. The number of nitrogens with one attached hydrogen (secondary N) is 2. The van der Waals surface area contributed by atoms with E-state index in [1.807, 2.05) is 12.1 Å². The maximum atomic E-state index is 4.59. The van der Waals surface area contributed by atoms with Gasteiger partial charge < -0.3 is 10.6 Å². The molecule has 0 radical (unpaired) electrons. The van der Waals surface area contributed by atoms with Gasteiger partial charge >= 0.3 is 0 Å². The lowest BCUT2D eigenvalue weighted by atomic mass is 9.94. The average Bonchev–Trinajstić information content (AvgIpc) is 3.15. The monoisotopic (exact) mass is 347 g/mol. The van der Waals surface area contributed by atoms with E-state index in [4.69, 9.17) is 0 Å². The maximum absolute atomic E-state index is 4.59. The van der Waals surface area contributed by atoms with Crippen LogP contribution in [0.2, 0.25) is 0 Å². The van der Waals surface area contributed by atoms with Gasteiger partial charge in [-0.05, 0) is 37.5 Å². The van der Waals surface area contributed by atoms with Crippen molar-refractivity contribution in [3.8, 4) is 0 Å². The first-order valence-corrected chi connectivity index (χ1v) is 9.38. The second-order valence-corrected chi connectivity index (χ2v) is 7.21. The number of hydrogen-bond acceptors (Lipinski definition) is 5. The first-order valence-electron chi connectivity index (χ1n) is 9.38. The standard InChI is InChI=1S/C21H25N5/c1-16(17-7-3-2-4-8-17)26-21(11-5-6-12-21)15-24-19-10-9-18-20(25-19)23-14-13-22-18/h2-4,7-10,13-14,16,26H,5-6,11-12,15H2,1H3,(H,23,24,25). The van der Waals surface area contributed by atoms with Crippen LogP contribution in [0.15, 0.2) is 54.9 Å². The minimum Gasteiger partial charge on any atom is -0.368 e. The zero-order valence-corrected chi connectivity index (χ0v) is 15.2. The van der Waals surface area contributed by atoms with Gasteiger partial charge in [-0.15, -0.1) is 0 Å².